The Hall–Kier alpha value is -0.190. The molecule has 1 rings (SSSR count). The molecule has 1 N–H and O–H groups in total. The molecule has 0 aliphatic heterocycles. The molecule has 4 heteroatoms. The van der Waals surface area contributed by atoms with E-state index in [0.717, 1.165) is 6.54 Å². The molecule has 10 heavy (non-hydrogen) atoms. The van der Waals surface area contributed by atoms with E-state index in [2.05, 4.69) is 30.2 Å². The van der Waals surface area contributed by atoms with Crippen molar-refractivity contribution in [1.29, 1.82) is 0 Å². The molecule has 0 aliphatic rings. The summed E-state index contributed by atoms with van der Waals surface area (Å²) in [4.78, 5) is 1.26. The second-order valence-electron chi connectivity index (χ2n) is 1.72. The van der Waals surface area contributed by atoms with E-state index >= 15 is 0 Å². The van der Waals surface area contributed by atoms with E-state index in [-0.39, 0.29) is 0 Å². The van der Waals surface area contributed by atoms with E-state index in [1.54, 1.807) is 11.3 Å². The quantitative estimate of drug-likeness (QED) is 0.560. The van der Waals surface area contributed by atoms with E-state index in [1.807, 2.05) is 17.5 Å². The molecule has 1 aromatic heterocycles. The maximum absolute atomic E-state index is 4.68. The van der Waals surface area contributed by atoms with Gasteiger partial charge in [0.2, 0.25) is 0 Å². The van der Waals surface area contributed by atoms with Crippen molar-refractivity contribution in [3.8, 4) is 0 Å². The molecule has 1 aromatic rings. The standard InChI is InChI=1S/C6H7NS3/c8-6(9)7-4-5-2-1-3-10-5/h1-3H,4H2,(H2,7,8,9)/p-1. The van der Waals surface area contributed by atoms with Gasteiger partial charge in [-0.15, -0.1) is 11.3 Å². The third-order valence-corrected chi connectivity index (χ3v) is 2.15. The van der Waals surface area contributed by atoms with Gasteiger partial charge in [-0.1, -0.05) is 10.4 Å². The van der Waals surface area contributed by atoms with Crippen molar-refractivity contribution in [2.75, 3.05) is 0 Å². The monoisotopic (exact) mass is 188 g/mol. The third-order valence-electron chi connectivity index (χ3n) is 0.987. The van der Waals surface area contributed by atoms with E-state index in [4.69, 9.17) is 0 Å². The van der Waals surface area contributed by atoms with Gasteiger partial charge in [-0.3, -0.25) is 0 Å². The van der Waals surface area contributed by atoms with Crippen LogP contribution in [0.2, 0.25) is 0 Å². The van der Waals surface area contributed by atoms with E-state index in [1.165, 1.54) is 4.88 Å². The Morgan fingerprint density at radius 2 is 2.60 bits per heavy atom. The van der Waals surface area contributed by atoms with Crippen LogP contribution < -0.4 is 5.32 Å². The molecule has 0 spiro atoms. The maximum Gasteiger partial charge on any atom is 0.0479 e. The molecule has 0 aliphatic carbocycles. The molecule has 1 heterocycles. The summed E-state index contributed by atoms with van der Waals surface area (Å²) in [5.74, 6) is 0. The molecule has 0 saturated carbocycles. The largest absolute Gasteiger partial charge is 0.412 e. The van der Waals surface area contributed by atoms with Crippen LogP contribution in [0.25, 0.3) is 0 Å². The molecule has 0 fully saturated rings. The van der Waals surface area contributed by atoms with Crippen molar-refractivity contribution < 1.29 is 0 Å². The molecular formula is C6H6NS3-. The van der Waals surface area contributed by atoms with Gasteiger partial charge in [0.1, 0.15) is 0 Å². The summed E-state index contributed by atoms with van der Waals surface area (Å²) in [7, 11) is 0. The number of hydrogen-bond donors (Lipinski definition) is 1. The molecule has 0 bridgehead atoms. The van der Waals surface area contributed by atoms with Gasteiger partial charge in [-0.2, -0.15) is 0 Å². The summed E-state index contributed by atoms with van der Waals surface area (Å²) in [5, 5.41) is 4.94. The molecule has 0 amide bonds. The molecule has 0 atom stereocenters. The van der Waals surface area contributed by atoms with Crippen molar-refractivity contribution in [1.82, 2.24) is 5.32 Å². The first-order chi connectivity index (χ1) is 4.79. The Morgan fingerprint density at radius 3 is 3.10 bits per heavy atom. The second kappa shape index (κ2) is 3.85. The van der Waals surface area contributed by atoms with Crippen LogP contribution in [0.4, 0.5) is 0 Å². The summed E-state index contributed by atoms with van der Waals surface area (Å²) in [6, 6.07) is 4.05. The highest BCUT2D eigenvalue weighted by Crippen LogP contribution is 2.06. The fraction of sp³-hybridized carbons (Fsp3) is 0.167. The summed E-state index contributed by atoms with van der Waals surface area (Å²) < 4.78 is 0.438. The normalized spacial score (nSPS) is 9.20. The smallest absolute Gasteiger partial charge is 0.0479 e. The van der Waals surface area contributed by atoms with Gasteiger partial charge in [0, 0.05) is 11.4 Å². The molecule has 1 nitrogen and oxygen atoms in total. The molecule has 54 valence electrons. The fourth-order valence-electron chi connectivity index (χ4n) is 0.572. The summed E-state index contributed by atoms with van der Waals surface area (Å²) in [6.45, 7) is 0.764. The minimum atomic E-state index is 0.438. The Labute approximate surface area is 74.9 Å². The lowest BCUT2D eigenvalue weighted by Gasteiger charge is -2.06. The van der Waals surface area contributed by atoms with Gasteiger partial charge in [0.15, 0.2) is 0 Å². The Kier molecular flexibility index (Phi) is 3.05. The topological polar surface area (TPSA) is 12.0 Å². The minimum Gasteiger partial charge on any atom is -0.412 e. The molecule has 0 radical (unpaired) electrons. The summed E-state index contributed by atoms with van der Waals surface area (Å²) in [6.07, 6.45) is 0. The highest BCUT2D eigenvalue weighted by atomic mass is 32.1. The van der Waals surface area contributed by atoms with Crippen molar-refractivity contribution in [2.45, 2.75) is 6.54 Å². The Bertz CT molecular complexity index is 205. The molecule has 0 unspecified atom stereocenters. The lowest BCUT2D eigenvalue weighted by Crippen LogP contribution is -2.16. The number of hydrogen-bond acceptors (Lipinski definition) is 3. The highest BCUT2D eigenvalue weighted by molar-refractivity contribution is 8.00. The van der Waals surface area contributed by atoms with Gasteiger partial charge >= 0.3 is 0 Å². The van der Waals surface area contributed by atoms with Crippen LogP contribution in [0.3, 0.4) is 0 Å². The number of thiophene rings is 1. The van der Waals surface area contributed by atoms with E-state index < -0.39 is 0 Å². The average Bonchev–Trinajstić information content (AvgIpc) is 2.34. The molecule has 0 saturated heterocycles. The molecular weight excluding hydrogens is 182 g/mol. The van der Waals surface area contributed by atoms with E-state index in [0.29, 0.717) is 4.32 Å². The summed E-state index contributed by atoms with van der Waals surface area (Å²) >= 11 is 11.1. The zero-order chi connectivity index (χ0) is 7.40. The summed E-state index contributed by atoms with van der Waals surface area (Å²) in [5.41, 5.74) is 0. The Morgan fingerprint density at radius 1 is 1.80 bits per heavy atom. The van der Waals surface area contributed by atoms with E-state index in [9.17, 15) is 0 Å². The van der Waals surface area contributed by atoms with Crippen LogP contribution in [0.1, 0.15) is 4.88 Å². The zero-order valence-corrected chi connectivity index (χ0v) is 7.61. The first-order valence-electron chi connectivity index (χ1n) is 2.76. The first-order valence-corrected chi connectivity index (χ1v) is 4.46. The van der Waals surface area contributed by atoms with Crippen molar-refractivity contribution in [3.05, 3.63) is 22.4 Å². The van der Waals surface area contributed by atoms with Gasteiger partial charge in [0.05, 0.1) is 0 Å². The highest BCUT2D eigenvalue weighted by Gasteiger charge is 1.88. The maximum atomic E-state index is 4.68. The van der Waals surface area contributed by atoms with Gasteiger partial charge in [0.25, 0.3) is 0 Å². The third kappa shape index (κ3) is 2.60. The predicted octanol–water partition coefficient (Wildman–Crippen LogP) is 1.67. The van der Waals surface area contributed by atoms with Crippen molar-refractivity contribution >= 4 is 40.5 Å². The van der Waals surface area contributed by atoms with Gasteiger partial charge in [-0.25, -0.2) is 0 Å². The van der Waals surface area contributed by atoms with Crippen molar-refractivity contribution in [2.24, 2.45) is 0 Å². The minimum absolute atomic E-state index is 0.438. The van der Waals surface area contributed by atoms with Crippen molar-refractivity contribution in [3.63, 3.8) is 0 Å². The SMILES string of the molecule is S=C([S-])NCc1cccs1. The van der Waals surface area contributed by atoms with Crippen LogP contribution in [0.15, 0.2) is 17.5 Å². The number of thiocarbonyl (C=S) groups is 1. The van der Waals surface area contributed by atoms with Crippen LogP contribution in [-0.2, 0) is 19.2 Å². The number of rotatable bonds is 2. The lowest BCUT2D eigenvalue weighted by atomic mass is 10.5. The van der Waals surface area contributed by atoms with Gasteiger partial charge in [-0.05, 0) is 11.4 Å². The fourth-order valence-corrected chi connectivity index (χ4v) is 1.36. The van der Waals surface area contributed by atoms with Gasteiger partial charge < -0.3 is 30.2 Å². The van der Waals surface area contributed by atoms with Crippen LogP contribution >= 0.6 is 23.6 Å². The first kappa shape index (κ1) is 7.91. The zero-order valence-electron chi connectivity index (χ0n) is 5.16. The lowest BCUT2D eigenvalue weighted by molar-refractivity contribution is 0.962. The van der Waals surface area contributed by atoms with Crippen LogP contribution in [0.5, 0.6) is 0 Å². The van der Waals surface area contributed by atoms with Crippen LogP contribution in [-0.4, -0.2) is 4.32 Å². The average molecular weight is 188 g/mol. The molecule has 0 aromatic carbocycles. The second-order valence-corrected chi connectivity index (χ2v) is 3.83. The Balaban J connectivity index is 2.35. The number of nitrogens with one attached hydrogen (secondary N) is 1. The predicted molar refractivity (Wildman–Crippen MR) is 51.1 cm³/mol. The van der Waals surface area contributed by atoms with Crippen LogP contribution in [0, 0.1) is 0 Å².